The van der Waals surface area contributed by atoms with Crippen molar-refractivity contribution in [3.8, 4) is 0 Å². The molecule has 212 valence electrons. The summed E-state index contributed by atoms with van der Waals surface area (Å²) in [6.07, 6.45) is 0.896. The van der Waals surface area contributed by atoms with Gasteiger partial charge in [0.1, 0.15) is 12.4 Å². The van der Waals surface area contributed by atoms with Crippen molar-refractivity contribution in [1.82, 2.24) is 20.1 Å². The maximum Gasteiger partial charge on any atom is 0.316 e. The molecule has 39 heavy (non-hydrogen) atoms. The lowest BCUT2D eigenvalue weighted by Gasteiger charge is -2.43. The molecule has 0 spiro atoms. The molecule has 2 aliphatic rings. The number of nitrogens with two attached hydrogens (primary N) is 1. The normalized spacial score (nSPS) is 19.0. The number of carbonyl (C=O) groups excluding carboxylic acids is 4. The first-order chi connectivity index (χ1) is 18.1. The van der Waals surface area contributed by atoms with Crippen LogP contribution in [0.25, 0.3) is 0 Å². The van der Waals surface area contributed by atoms with E-state index in [9.17, 15) is 23.6 Å². The van der Waals surface area contributed by atoms with Crippen molar-refractivity contribution in [3.63, 3.8) is 0 Å². The van der Waals surface area contributed by atoms with Crippen LogP contribution in [0.4, 0.5) is 10.1 Å². The fourth-order valence-corrected chi connectivity index (χ4v) is 5.90. The Morgan fingerprint density at radius 3 is 2.72 bits per heavy atom. The van der Waals surface area contributed by atoms with Crippen LogP contribution in [0, 0.1) is 5.82 Å². The van der Waals surface area contributed by atoms with Gasteiger partial charge in [-0.15, -0.1) is 23.7 Å². The number of fused-ring (bicyclic) bond motifs is 1. The number of hydrogen-bond acceptors (Lipinski definition) is 8. The van der Waals surface area contributed by atoms with Gasteiger partial charge in [0.25, 0.3) is 5.91 Å². The van der Waals surface area contributed by atoms with Crippen LogP contribution in [0.1, 0.15) is 26.8 Å². The van der Waals surface area contributed by atoms with E-state index in [4.69, 9.17) is 22.1 Å². The number of nitrogens with zero attached hydrogens (tertiary/aromatic N) is 4. The maximum atomic E-state index is 14.4. The highest BCUT2D eigenvalue weighted by Gasteiger charge is 2.40. The number of benzene rings is 1. The van der Waals surface area contributed by atoms with Gasteiger partial charge in [-0.25, -0.2) is 9.37 Å². The van der Waals surface area contributed by atoms with Crippen molar-refractivity contribution in [2.24, 2.45) is 5.73 Å². The topological polar surface area (TPSA) is 138 Å². The molecule has 0 radical (unpaired) electrons. The van der Waals surface area contributed by atoms with Gasteiger partial charge in [0, 0.05) is 50.3 Å². The third-order valence-electron chi connectivity index (χ3n) is 6.57. The number of aromatic nitrogens is 1. The van der Waals surface area contributed by atoms with Crippen LogP contribution >= 0.6 is 35.3 Å². The summed E-state index contributed by atoms with van der Waals surface area (Å²) in [4.78, 5) is 61.1. The van der Waals surface area contributed by atoms with Crippen LogP contribution in [0.15, 0.2) is 18.2 Å². The Bertz CT molecular complexity index is 1260. The molecule has 1 aromatic carbocycles. The van der Waals surface area contributed by atoms with Gasteiger partial charge >= 0.3 is 11.8 Å². The number of rotatable bonds is 6. The molecule has 4 amide bonds. The van der Waals surface area contributed by atoms with Gasteiger partial charge in [-0.1, -0.05) is 11.6 Å². The van der Waals surface area contributed by atoms with Gasteiger partial charge in [-0.3, -0.25) is 24.1 Å². The van der Waals surface area contributed by atoms with E-state index in [0.717, 1.165) is 34.5 Å². The third-order valence-corrected chi connectivity index (χ3v) is 7.96. The molecule has 11 nitrogen and oxygen atoms in total. The fourth-order valence-electron chi connectivity index (χ4n) is 4.70. The van der Waals surface area contributed by atoms with E-state index in [1.807, 2.05) is 7.05 Å². The van der Waals surface area contributed by atoms with Crippen LogP contribution in [0.3, 0.4) is 0 Å². The van der Waals surface area contributed by atoms with Gasteiger partial charge < -0.3 is 25.6 Å². The van der Waals surface area contributed by atoms with Crippen molar-refractivity contribution in [3.05, 3.63) is 44.6 Å². The molecule has 3 heterocycles. The quantitative estimate of drug-likeness (QED) is 0.474. The lowest BCUT2D eigenvalue weighted by Crippen LogP contribution is -2.64. The predicted octanol–water partition coefficient (Wildman–Crippen LogP) is 1.21. The number of piperidine rings is 1. The summed E-state index contributed by atoms with van der Waals surface area (Å²) in [6.45, 7) is 1.58. The first kappa shape index (κ1) is 30.7. The van der Waals surface area contributed by atoms with Crippen LogP contribution < -0.4 is 16.0 Å². The molecule has 1 fully saturated rings. The van der Waals surface area contributed by atoms with Crippen molar-refractivity contribution < 1.29 is 28.3 Å². The lowest BCUT2D eigenvalue weighted by atomic mass is 9.96. The number of methoxy groups -OCH3 is 1. The van der Waals surface area contributed by atoms with Crippen LogP contribution in [0.5, 0.6) is 0 Å². The molecule has 4 rings (SSSR count). The SMILES string of the molecule is COCC(=O)N1CC[C@H](N(C(=O)C(N)=O)c2ccc(Cl)c(F)c2)[C@H](NC(=O)c2nc3c(s2)CN(C)CC3)C1.Cl. The molecule has 2 aliphatic heterocycles. The minimum absolute atomic E-state index is 0. The van der Waals surface area contributed by atoms with Gasteiger partial charge in [-0.2, -0.15) is 0 Å². The van der Waals surface area contributed by atoms with E-state index in [1.54, 1.807) is 0 Å². The Labute approximate surface area is 239 Å². The Morgan fingerprint density at radius 2 is 2.05 bits per heavy atom. The van der Waals surface area contributed by atoms with Crippen LogP contribution in [-0.2, 0) is 32.1 Å². The Balaban J connectivity index is 0.00000420. The summed E-state index contributed by atoms with van der Waals surface area (Å²) in [6, 6.07) is 2.01. The van der Waals surface area contributed by atoms with Gasteiger partial charge in [0.05, 0.1) is 22.8 Å². The fraction of sp³-hybridized carbons (Fsp3) is 0.458. The number of nitrogens with one attached hydrogen (secondary N) is 1. The number of anilines is 1. The minimum atomic E-state index is -1.25. The van der Waals surface area contributed by atoms with Gasteiger partial charge in [-0.05, 0) is 31.7 Å². The number of primary amides is 1. The molecule has 0 aliphatic carbocycles. The molecule has 0 bridgehead atoms. The Morgan fingerprint density at radius 1 is 1.31 bits per heavy atom. The monoisotopic (exact) mass is 602 g/mol. The van der Waals surface area contributed by atoms with Crippen molar-refractivity contribution in [2.75, 3.05) is 45.3 Å². The molecule has 0 saturated carbocycles. The highest BCUT2D eigenvalue weighted by atomic mass is 35.5. The van der Waals surface area contributed by atoms with E-state index < -0.39 is 35.6 Å². The number of halogens is 3. The highest BCUT2D eigenvalue weighted by Crippen LogP contribution is 2.29. The average Bonchev–Trinajstić information content (AvgIpc) is 3.30. The summed E-state index contributed by atoms with van der Waals surface area (Å²) in [5, 5.41) is 2.99. The molecule has 2 aromatic rings. The number of amides is 4. The molecule has 2 atom stereocenters. The zero-order valence-corrected chi connectivity index (χ0v) is 23.7. The molecular formula is C24H29Cl2FN6O5S. The molecular weight excluding hydrogens is 574 g/mol. The third kappa shape index (κ3) is 6.84. The van der Waals surface area contributed by atoms with Crippen LogP contribution in [-0.4, -0.2) is 90.9 Å². The summed E-state index contributed by atoms with van der Waals surface area (Å²) in [7, 11) is 3.39. The Hall–Kier alpha value is -2.84. The molecule has 15 heteroatoms. The summed E-state index contributed by atoms with van der Waals surface area (Å²) < 4.78 is 19.3. The first-order valence-electron chi connectivity index (χ1n) is 11.9. The second-order valence-corrected chi connectivity index (χ2v) is 10.7. The number of ether oxygens (including phenoxy) is 1. The molecule has 1 saturated heterocycles. The Kier molecular flexibility index (Phi) is 10.2. The van der Waals surface area contributed by atoms with Crippen molar-refractivity contribution in [1.29, 1.82) is 0 Å². The van der Waals surface area contributed by atoms with E-state index in [1.165, 1.54) is 35.5 Å². The zero-order valence-electron chi connectivity index (χ0n) is 21.3. The van der Waals surface area contributed by atoms with E-state index >= 15 is 0 Å². The maximum absolute atomic E-state index is 14.4. The first-order valence-corrected chi connectivity index (χ1v) is 13.1. The van der Waals surface area contributed by atoms with E-state index in [-0.39, 0.29) is 60.1 Å². The number of hydrogen-bond donors (Lipinski definition) is 2. The molecule has 0 unspecified atom stereocenters. The van der Waals surface area contributed by atoms with Crippen molar-refractivity contribution in [2.45, 2.75) is 31.5 Å². The second kappa shape index (κ2) is 13.0. The van der Waals surface area contributed by atoms with Gasteiger partial charge in [0.2, 0.25) is 5.91 Å². The standard InChI is InChI=1S/C24H28ClFN6O5S.ClH/c1-30-7-5-16-19(11-30)38-23(29-16)22(35)28-17-10-31(20(33)12-37-2)8-6-18(17)32(24(36)21(27)34)13-3-4-14(25)15(26)9-13;/h3-4,9,17-18H,5-8,10-12H2,1-2H3,(H2,27,34)(H,28,35);1H/t17-,18+;/m1./s1. The lowest BCUT2D eigenvalue weighted by molar-refractivity contribution is -0.138. The van der Waals surface area contributed by atoms with Gasteiger partial charge in [0.15, 0.2) is 5.01 Å². The predicted molar refractivity (Wildman–Crippen MR) is 146 cm³/mol. The average molecular weight is 604 g/mol. The number of likely N-dealkylation sites (N-methyl/N-ethyl adjacent to an activating group) is 1. The second-order valence-electron chi connectivity index (χ2n) is 9.22. The van der Waals surface area contributed by atoms with Crippen LogP contribution in [0.2, 0.25) is 5.02 Å². The highest BCUT2D eigenvalue weighted by molar-refractivity contribution is 7.13. The van der Waals surface area contributed by atoms with E-state index in [0.29, 0.717) is 6.54 Å². The van der Waals surface area contributed by atoms with E-state index in [2.05, 4.69) is 15.2 Å². The number of likely N-dealkylation sites (tertiary alicyclic amines) is 1. The summed E-state index contributed by atoms with van der Waals surface area (Å²) in [5.74, 6) is -3.90. The molecule has 3 N–H and O–H groups in total. The minimum Gasteiger partial charge on any atom is -0.375 e. The number of carbonyl (C=O) groups is 4. The summed E-state index contributed by atoms with van der Waals surface area (Å²) >= 11 is 7.11. The number of thiazole rings is 1. The zero-order chi connectivity index (χ0) is 27.6. The van der Waals surface area contributed by atoms with Crippen molar-refractivity contribution >= 4 is 64.7 Å². The smallest absolute Gasteiger partial charge is 0.316 e. The largest absolute Gasteiger partial charge is 0.375 e. The summed E-state index contributed by atoms with van der Waals surface area (Å²) in [5.41, 5.74) is 6.26. The molecule has 1 aromatic heterocycles.